The molecular formula is C20H16N2O4. The number of rotatable bonds is 7. The van der Waals surface area contributed by atoms with Gasteiger partial charge in [0.2, 0.25) is 5.78 Å². The molecule has 2 aromatic rings. The third kappa shape index (κ3) is 4.19. The highest BCUT2D eigenvalue weighted by molar-refractivity contribution is 6.15. The van der Waals surface area contributed by atoms with Crippen molar-refractivity contribution in [1.29, 1.82) is 10.5 Å². The normalized spacial score (nSPS) is 10.4. The van der Waals surface area contributed by atoms with Gasteiger partial charge in [-0.05, 0) is 35.9 Å². The topological polar surface area (TPSA) is 92.3 Å². The number of ketones is 1. The van der Waals surface area contributed by atoms with Crippen molar-refractivity contribution in [1.82, 2.24) is 0 Å². The van der Waals surface area contributed by atoms with E-state index in [9.17, 15) is 10.1 Å². The van der Waals surface area contributed by atoms with Crippen molar-refractivity contribution in [3.63, 3.8) is 0 Å². The Morgan fingerprint density at radius 1 is 1.04 bits per heavy atom. The van der Waals surface area contributed by atoms with Crippen molar-refractivity contribution in [2.75, 3.05) is 20.8 Å². The average molecular weight is 348 g/mol. The minimum Gasteiger partial charge on any atom is -0.496 e. The van der Waals surface area contributed by atoms with Crippen LogP contribution in [0.4, 0.5) is 0 Å². The number of Topliss-reactive ketones (excluding diaryl/α,β-unsaturated/α-hetero) is 1. The average Bonchev–Trinajstić information content (AvgIpc) is 2.70. The molecule has 0 fully saturated rings. The van der Waals surface area contributed by atoms with E-state index in [1.165, 1.54) is 20.3 Å². The number of hydrogen-bond acceptors (Lipinski definition) is 6. The Balaban J connectivity index is 2.38. The second kappa shape index (κ2) is 8.91. The van der Waals surface area contributed by atoms with Gasteiger partial charge in [-0.25, -0.2) is 0 Å². The SMILES string of the molecule is COc1cc(/C=C(\C#N)C(=O)c2ccccc2OC)ccc1OCC#N. The molecule has 2 rings (SSSR count). The molecule has 0 saturated heterocycles. The Hall–Kier alpha value is -3.77. The van der Waals surface area contributed by atoms with Crippen molar-refractivity contribution in [3.05, 3.63) is 59.2 Å². The van der Waals surface area contributed by atoms with Gasteiger partial charge >= 0.3 is 0 Å². The first kappa shape index (κ1) is 18.6. The van der Waals surface area contributed by atoms with Gasteiger partial charge in [-0.3, -0.25) is 4.79 Å². The van der Waals surface area contributed by atoms with E-state index in [-0.39, 0.29) is 12.2 Å². The zero-order valence-corrected chi connectivity index (χ0v) is 14.4. The van der Waals surface area contributed by atoms with E-state index < -0.39 is 5.78 Å². The maximum atomic E-state index is 12.7. The molecule has 0 heterocycles. The maximum absolute atomic E-state index is 12.7. The smallest absolute Gasteiger partial charge is 0.207 e. The van der Waals surface area contributed by atoms with Crippen LogP contribution in [0.2, 0.25) is 0 Å². The molecule has 0 aromatic heterocycles. The van der Waals surface area contributed by atoms with Crippen LogP contribution in [0.3, 0.4) is 0 Å². The molecule has 0 aliphatic heterocycles. The minimum atomic E-state index is -0.436. The van der Waals surface area contributed by atoms with Gasteiger partial charge in [0, 0.05) is 0 Å². The summed E-state index contributed by atoms with van der Waals surface area (Å²) in [7, 11) is 2.93. The molecule has 0 aliphatic rings. The number of nitriles is 2. The lowest BCUT2D eigenvalue weighted by Gasteiger charge is -2.09. The number of benzene rings is 2. The lowest BCUT2D eigenvalue weighted by molar-refractivity contribution is 0.103. The molecule has 0 spiro atoms. The maximum Gasteiger partial charge on any atom is 0.207 e. The Morgan fingerprint density at radius 3 is 2.42 bits per heavy atom. The van der Waals surface area contributed by atoms with Crippen LogP contribution in [0.5, 0.6) is 17.2 Å². The van der Waals surface area contributed by atoms with E-state index in [1.54, 1.807) is 42.5 Å². The molecule has 0 saturated carbocycles. The molecule has 130 valence electrons. The molecule has 2 aromatic carbocycles. The first-order chi connectivity index (χ1) is 12.6. The standard InChI is InChI=1S/C20H16N2O4/c1-24-17-6-4-3-5-16(17)20(23)15(13-22)11-14-7-8-18(26-10-9-21)19(12-14)25-2/h3-8,11-12H,10H2,1-2H3/b15-11+. The first-order valence-corrected chi connectivity index (χ1v) is 7.62. The molecular weight excluding hydrogens is 332 g/mol. The fourth-order valence-electron chi connectivity index (χ4n) is 2.30. The molecule has 0 N–H and O–H groups in total. The fourth-order valence-corrected chi connectivity index (χ4v) is 2.30. The summed E-state index contributed by atoms with van der Waals surface area (Å²) in [4.78, 5) is 12.7. The predicted octanol–water partition coefficient (Wildman–Crippen LogP) is 3.40. The van der Waals surface area contributed by atoms with Crippen LogP contribution in [-0.2, 0) is 0 Å². The fraction of sp³-hybridized carbons (Fsp3) is 0.150. The minimum absolute atomic E-state index is 0.0396. The van der Waals surface area contributed by atoms with Crippen molar-refractivity contribution in [2.24, 2.45) is 0 Å². The molecule has 0 atom stereocenters. The van der Waals surface area contributed by atoms with Crippen molar-refractivity contribution in [2.45, 2.75) is 0 Å². The summed E-state index contributed by atoms with van der Waals surface area (Å²) in [5.74, 6) is 0.766. The van der Waals surface area contributed by atoms with Crippen LogP contribution in [0.1, 0.15) is 15.9 Å². The zero-order valence-electron chi connectivity index (χ0n) is 14.4. The molecule has 6 nitrogen and oxygen atoms in total. The second-order valence-corrected chi connectivity index (χ2v) is 5.06. The van der Waals surface area contributed by atoms with Gasteiger partial charge in [0.15, 0.2) is 18.1 Å². The summed E-state index contributed by atoms with van der Waals surface area (Å²) in [6.07, 6.45) is 1.46. The van der Waals surface area contributed by atoms with E-state index in [2.05, 4.69) is 0 Å². The highest BCUT2D eigenvalue weighted by Gasteiger charge is 2.17. The molecule has 0 unspecified atom stereocenters. The predicted molar refractivity (Wildman–Crippen MR) is 95.0 cm³/mol. The summed E-state index contributed by atoms with van der Waals surface area (Å²) in [5.41, 5.74) is 0.858. The molecule has 0 aliphatic carbocycles. The van der Waals surface area contributed by atoms with Gasteiger partial charge in [0.05, 0.1) is 19.8 Å². The number of nitrogens with zero attached hydrogens (tertiary/aromatic N) is 2. The van der Waals surface area contributed by atoms with Gasteiger partial charge in [0.25, 0.3) is 0 Å². The van der Waals surface area contributed by atoms with Gasteiger partial charge < -0.3 is 14.2 Å². The zero-order chi connectivity index (χ0) is 18.9. The summed E-state index contributed by atoms with van der Waals surface area (Å²) in [6, 6.07) is 15.4. The van der Waals surface area contributed by atoms with Crippen LogP contribution in [0.25, 0.3) is 6.08 Å². The number of carbonyl (C=O) groups excluding carboxylic acids is 1. The van der Waals surface area contributed by atoms with E-state index in [0.717, 1.165) is 0 Å². The summed E-state index contributed by atoms with van der Waals surface area (Å²) < 4.78 is 15.7. The van der Waals surface area contributed by atoms with Gasteiger partial charge in [-0.15, -0.1) is 0 Å². The molecule has 0 radical (unpaired) electrons. The second-order valence-electron chi connectivity index (χ2n) is 5.06. The Kier molecular flexibility index (Phi) is 6.36. The van der Waals surface area contributed by atoms with E-state index in [0.29, 0.717) is 28.4 Å². The van der Waals surface area contributed by atoms with Crippen LogP contribution >= 0.6 is 0 Å². The Labute approximate surface area is 151 Å². The van der Waals surface area contributed by atoms with E-state index in [4.69, 9.17) is 19.5 Å². The van der Waals surface area contributed by atoms with Crippen molar-refractivity contribution in [3.8, 4) is 29.4 Å². The van der Waals surface area contributed by atoms with Crippen molar-refractivity contribution >= 4 is 11.9 Å². The third-order valence-electron chi connectivity index (χ3n) is 3.51. The van der Waals surface area contributed by atoms with Crippen LogP contribution < -0.4 is 14.2 Å². The van der Waals surface area contributed by atoms with E-state index in [1.807, 2.05) is 12.1 Å². The quantitative estimate of drug-likeness (QED) is 0.432. The lowest BCUT2D eigenvalue weighted by Crippen LogP contribution is -2.04. The van der Waals surface area contributed by atoms with Gasteiger partial charge in [-0.1, -0.05) is 18.2 Å². The number of para-hydroxylation sites is 1. The number of methoxy groups -OCH3 is 2. The van der Waals surface area contributed by atoms with Crippen LogP contribution in [-0.4, -0.2) is 26.6 Å². The first-order valence-electron chi connectivity index (χ1n) is 7.62. The van der Waals surface area contributed by atoms with Crippen LogP contribution in [0.15, 0.2) is 48.0 Å². The number of ether oxygens (including phenoxy) is 3. The lowest BCUT2D eigenvalue weighted by atomic mass is 10.0. The van der Waals surface area contributed by atoms with Crippen molar-refractivity contribution < 1.29 is 19.0 Å². The van der Waals surface area contributed by atoms with Gasteiger partial charge in [-0.2, -0.15) is 10.5 Å². The van der Waals surface area contributed by atoms with E-state index >= 15 is 0 Å². The molecule has 0 bridgehead atoms. The number of allylic oxidation sites excluding steroid dienone is 1. The van der Waals surface area contributed by atoms with Gasteiger partial charge in [0.1, 0.15) is 23.5 Å². The molecule has 6 heteroatoms. The third-order valence-corrected chi connectivity index (χ3v) is 3.51. The Bertz CT molecular complexity index is 920. The summed E-state index contributed by atoms with van der Waals surface area (Å²) >= 11 is 0. The summed E-state index contributed by atoms with van der Waals surface area (Å²) in [5, 5.41) is 18.0. The monoisotopic (exact) mass is 348 g/mol. The number of carbonyl (C=O) groups is 1. The highest BCUT2D eigenvalue weighted by atomic mass is 16.5. The largest absolute Gasteiger partial charge is 0.496 e. The molecule has 0 amide bonds. The van der Waals surface area contributed by atoms with Crippen LogP contribution in [0, 0.1) is 22.7 Å². The summed E-state index contributed by atoms with van der Waals surface area (Å²) in [6.45, 7) is -0.110. The molecule has 26 heavy (non-hydrogen) atoms. The number of hydrogen-bond donors (Lipinski definition) is 0. The Morgan fingerprint density at radius 2 is 1.77 bits per heavy atom. The highest BCUT2D eigenvalue weighted by Crippen LogP contribution is 2.29.